The highest BCUT2D eigenvalue weighted by molar-refractivity contribution is 5.14. The SMILES string of the molecule is CC(CCc1ccccc1)C(O)C1CC1. The van der Waals surface area contributed by atoms with Crippen LogP contribution in [0.3, 0.4) is 0 Å². The largest absolute Gasteiger partial charge is 0.393 e. The third kappa shape index (κ3) is 3.07. The highest BCUT2D eigenvalue weighted by Gasteiger charge is 2.32. The van der Waals surface area contributed by atoms with Crippen LogP contribution in [0.5, 0.6) is 0 Å². The van der Waals surface area contributed by atoms with E-state index in [1.54, 1.807) is 0 Å². The predicted molar refractivity (Wildman–Crippen MR) is 62.7 cm³/mol. The minimum absolute atomic E-state index is 0.0614. The molecule has 1 heteroatoms. The maximum Gasteiger partial charge on any atom is 0.0594 e. The summed E-state index contributed by atoms with van der Waals surface area (Å²) in [5.41, 5.74) is 1.38. The maximum atomic E-state index is 9.94. The van der Waals surface area contributed by atoms with E-state index in [1.807, 2.05) is 6.07 Å². The lowest BCUT2D eigenvalue weighted by molar-refractivity contribution is 0.0908. The van der Waals surface area contributed by atoms with Crippen molar-refractivity contribution in [1.29, 1.82) is 0 Å². The molecule has 1 N–H and O–H groups in total. The molecule has 0 radical (unpaired) electrons. The monoisotopic (exact) mass is 204 g/mol. The first kappa shape index (κ1) is 10.7. The third-order valence-corrected chi connectivity index (χ3v) is 3.42. The van der Waals surface area contributed by atoms with E-state index in [0.29, 0.717) is 11.8 Å². The van der Waals surface area contributed by atoms with Crippen LogP contribution in [0.1, 0.15) is 31.7 Å². The van der Waals surface area contributed by atoms with Gasteiger partial charge in [0.25, 0.3) is 0 Å². The van der Waals surface area contributed by atoms with Gasteiger partial charge in [0.2, 0.25) is 0 Å². The van der Waals surface area contributed by atoms with E-state index in [0.717, 1.165) is 12.8 Å². The minimum atomic E-state index is -0.0614. The molecule has 1 aliphatic rings. The van der Waals surface area contributed by atoms with Crippen molar-refractivity contribution < 1.29 is 5.11 Å². The Labute approximate surface area is 92.1 Å². The average molecular weight is 204 g/mol. The molecule has 2 unspecified atom stereocenters. The summed E-state index contributed by atoms with van der Waals surface area (Å²) in [6, 6.07) is 10.5. The Balaban J connectivity index is 1.77. The normalized spacial score (nSPS) is 19.9. The van der Waals surface area contributed by atoms with Crippen LogP contribution in [0, 0.1) is 11.8 Å². The molecule has 1 saturated carbocycles. The van der Waals surface area contributed by atoms with Gasteiger partial charge in [-0.1, -0.05) is 37.3 Å². The van der Waals surface area contributed by atoms with E-state index in [4.69, 9.17) is 0 Å². The summed E-state index contributed by atoms with van der Waals surface area (Å²) in [4.78, 5) is 0. The summed E-state index contributed by atoms with van der Waals surface area (Å²) in [5, 5.41) is 9.94. The number of hydrogen-bond acceptors (Lipinski definition) is 1. The lowest BCUT2D eigenvalue weighted by Crippen LogP contribution is -2.20. The standard InChI is InChI=1S/C14H20O/c1-11(14(15)13-9-10-13)7-8-12-5-3-2-4-6-12/h2-6,11,13-15H,7-10H2,1H3. The average Bonchev–Trinajstić information content (AvgIpc) is 3.10. The van der Waals surface area contributed by atoms with E-state index in [2.05, 4.69) is 31.2 Å². The van der Waals surface area contributed by atoms with E-state index in [9.17, 15) is 5.11 Å². The van der Waals surface area contributed by atoms with E-state index < -0.39 is 0 Å². The lowest BCUT2D eigenvalue weighted by Gasteiger charge is -2.18. The Morgan fingerprint density at radius 3 is 2.53 bits per heavy atom. The van der Waals surface area contributed by atoms with E-state index in [1.165, 1.54) is 18.4 Å². The second-order valence-electron chi connectivity index (χ2n) is 4.83. The zero-order valence-corrected chi connectivity index (χ0v) is 9.39. The number of aryl methyl sites for hydroxylation is 1. The summed E-state index contributed by atoms with van der Waals surface area (Å²) < 4.78 is 0. The van der Waals surface area contributed by atoms with Crippen LogP contribution in [0.25, 0.3) is 0 Å². The van der Waals surface area contributed by atoms with Crippen LogP contribution in [0.2, 0.25) is 0 Å². The van der Waals surface area contributed by atoms with Crippen molar-refractivity contribution in [2.45, 2.75) is 38.7 Å². The van der Waals surface area contributed by atoms with E-state index >= 15 is 0 Å². The maximum absolute atomic E-state index is 9.94. The summed E-state index contributed by atoms with van der Waals surface area (Å²) in [5.74, 6) is 1.05. The highest BCUT2D eigenvalue weighted by atomic mass is 16.3. The first-order chi connectivity index (χ1) is 7.27. The smallest absolute Gasteiger partial charge is 0.0594 e. The van der Waals surface area contributed by atoms with Crippen molar-refractivity contribution in [2.24, 2.45) is 11.8 Å². The van der Waals surface area contributed by atoms with Gasteiger partial charge in [-0.2, -0.15) is 0 Å². The number of rotatable bonds is 5. The molecule has 82 valence electrons. The van der Waals surface area contributed by atoms with Crippen molar-refractivity contribution in [3.8, 4) is 0 Å². The first-order valence-corrected chi connectivity index (χ1v) is 5.99. The van der Waals surface area contributed by atoms with Gasteiger partial charge in [0.05, 0.1) is 6.10 Å². The zero-order chi connectivity index (χ0) is 10.7. The molecule has 15 heavy (non-hydrogen) atoms. The number of hydrogen-bond donors (Lipinski definition) is 1. The fourth-order valence-electron chi connectivity index (χ4n) is 2.11. The van der Waals surface area contributed by atoms with Crippen molar-refractivity contribution in [3.63, 3.8) is 0 Å². The molecule has 0 amide bonds. The molecule has 1 aromatic rings. The molecule has 0 heterocycles. The summed E-state index contributed by atoms with van der Waals surface area (Å²) in [7, 11) is 0. The number of benzene rings is 1. The summed E-state index contributed by atoms with van der Waals surface area (Å²) >= 11 is 0. The van der Waals surface area contributed by atoms with Gasteiger partial charge < -0.3 is 5.11 Å². The van der Waals surface area contributed by atoms with Gasteiger partial charge in [-0.05, 0) is 43.1 Å². The summed E-state index contributed by atoms with van der Waals surface area (Å²) in [6.45, 7) is 2.17. The Morgan fingerprint density at radius 1 is 1.27 bits per heavy atom. The Hall–Kier alpha value is -0.820. The van der Waals surface area contributed by atoms with Crippen LogP contribution in [-0.2, 0) is 6.42 Å². The minimum Gasteiger partial charge on any atom is -0.393 e. The molecule has 1 fully saturated rings. The van der Waals surface area contributed by atoms with Gasteiger partial charge in [0, 0.05) is 0 Å². The third-order valence-electron chi connectivity index (χ3n) is 3.42. The van der Waals surface area contributed by atoms with Gasteiger partial charge in [-0.15, -0.1) is 0 Å². The van der Waals surface area contributed by atoms with Gasteiger partial charge in [-0.3, -0.25) is 0 Å². The van der Waals surface area contributed by atoms with Gasteiger partial charge in [-0.25, -0.2) is 0 Å². The van der Waals surface area contributed by atoms with Gasteiger partial charge >= 0.3 is 0 Å². The van der Waals surface area contributed by atoms with Crippen molar-refractivity contribution >= 4 is 0 Å². The molecule has 2 rings (SSSR count). The zero-order valence-electron chi connectivity index (χ0n) is 9.39. The fourth-order valence-corrected chi connectivity index (χ4v) is 2.11. The molecular formula is C14H20O. The van der Waals surface area contributed by atoms with E-state index in [-0.39, 0.29) is 6.10 Å². The molecule has 2 atom stereocenters. The Morgan fingerprint density at radius 2 is 1.93 bits per heavy atom. The number of aliphatic hydroxyl groups is 1. The molecule has 0 aromatic heterocycles. The van der Waals surface area contributed by atoms with Crippen LogP contribution in [0.4, 0.5) is 0 Å². The van der Waals surface area contributed by atoms with Gasteiger partial charge in [0.15, 0.2) is 0 Å². The van der Waals surface area contributed by atoms with Crippen LogP contribution in [0.15, 0.2) is 30.3 Å². The van der Waals surface area contributed by atoms with Gasteiger partial charge in [0.1, 0.15) is 0 Å². The second-order valence-corrected chi connectivity index (χ2v) is 4.83. The van der Waals surface area contributed by atoms with Crippen molar-refractivity contribution in [1.82, 2.24) is 0 Å². The molecule has 0 bridgehead atoms. The Kier molecular flexibility index (Phi) is 3.42. The number of aliphatic hydroxyl groups excluding tert-OH is 1. The molecule has 1 aliphatic carbocycles. The molecular weight excluding hydrogens is 184 g/mol. The fraction of sp³-hybridized carbons (Fsp3) is 0.571. The molecule has 1 nitrogen and oxygen atoms in total. The summed E-state index contributed by atoms with van der Waals surface area (Å²) in [6.07, 6.45) is 4.59. The van der Waals surface area contributed by atoms with Crippen LogP contribution >= 0.6 is 0 Å². The van der Waals surface area contributed by atoms with Crippen molar-refractivity contribution in [2.75, 3.05) is 0 Å². The quantitative estimate of drug-likeness (QED) is 0.781. The topological polar surface area (TPSA) is 20.2 Å². The first-order valence-electron chi connectivity index (χ1n) is 5.99. The van der Waals surface area contributed by atoms with Crippen LogP contribution < -0.4 is 0 Å². The lowest BCUT2D eigenvalue weighted by atomic mass is 9.93. The van der Waals surface area contributed by atoms with Crippen molar-refractivity contribution in [3.05, 3.63) is 35.9 Å². The Bertz CT molecular complexity index is 289. The molecule has 1 aromatic carbocycles. The predicted octanol–water partition coefficient (Wildman–Crippen LogP) is 3.03. The van der Waals surface area contributed by atoms with Crippen LogP contribution in [-0.4, -0.2) is 11.2 Å². The molecule has 0 saturated heterocycles. The highest BCUT2D eigenvalue weighted by Crippen LogP contribution is 2.36. The molecule has 0 spiro atoms. The molecule has 0 aliphatic heterocycles. The second kappa shape index (κ2) is 4.80.